The van der Waals surface area contributed by atoms with Gasteiger partial charge >= 0.3 is 6.18 Å². The normalized spacial score (nSPS) is 11.2. The standard InChI is InChI=1S/C17H18F3N3O2/c18-17(19,20)14-3-1-2-12(8-14)10-22-15-5-4-13(16(21)9-15)6-7-25-23-11-24/h1-5,8-9,11,22H,6-7,10,21H2,(H,23,24). The van der Waals surface area contributed by atoms with Gasteiger partial charge < -0.3 is 11.1 Å². The van der Waals surface area contributed by atoms with Gasteiger partial charge in [0.2, 0.25) is 6.41 Å². The summed E-state index contributed by atoms with van der Waals surface area (Å²) in [6, 6.07) is 10.4. The van der Waals surface area contributed by atoms with Crippen LogP contribution in [0.4, 0.5) is 24.5 Å². The summed E-state index contributed by atoms with van der Waals surface area (Å²) in [6.45, 7) is 0.523. The molecule has 0 aliphatic heterocycles. The Morgan fingerprint density at radius 1 is 1.16 bits per heavy atom. The Bertz CT molecular complexity index is 721. The lowest BCUT2D eigenvalue weighted by atomic mass is 10.1. The van der Waals surface area contributed by atoms with Gasteiger partial charge in [0.25, 0.3) is 0 Å². The average molecular weight is 353 g/mol. The highest BCUT2D eigenvalue weighted by Crippen LogP contribution is 2.29. The molecular weight excluding hydrogens is 335 g/mol. The van der Waals surface area contributed by atoms with Crippen molar-refractivity contribution in [2.45, 2.75) is 19.1 Å². The molecule has 0 aromatic heterocycles. The minimum Gasteiger partial charge on any atom is -0.398 e. The van der Waals surface area contributed by atoms with E-state index in [4.69, 9.17) is 10.6 Å². The molecule has 134 valence electrons. The second-order valence-electron chi connectivity index (χ2n) is 5.30. The van der Waals surface area contributed by atoms with Gasteiger partial charge in [0.05, 0.1) is 12.2 Å². The lowest BCUT2D eigenvalue weighted by Gasteiger charge is -2.12. The number of carbonyl (C=O) groups excluding carboxylic acids is 1. The van der Waals surface area contributed by atoms with E-state index in [1.165, 1.54) is 6.07 Å². The van der Waals surface area contributed by atoms with E-state index in [1.807, 2.05) is 0 Å². The van der Waals surface area contributed by atoms with Crippen LogP contribution in [0.1, 0.15) is 16.7 Å². The molecule has 0 radical (unpaired) electrons. The van der Waals surface area contributed by atoms with Crippen LogP contribution in [-0.2, 0) is 28.8 Å². The first-order chi connectivity index (χ1) is 11.9. The number of alkyl halides is 3. The summed E-state index contributed by atoms with van der Waals surface area (Å²) in [5.41, 5.74) is 9.96. The van der Waals surface area contributed by atoms with Crippen LogP contribution in [0.5, 0.6) is 0 Å². The zero-order valence-electron chi connectivity index (χ0n) is 13.3. The molecule has 0 atom stereocenters. The first-order valence-corrected chi connectivity index (χ1v) is 7.49. The van der Waals surface area contributed by atoms with E-state index in [1.54, 1.807) is 24.3 Å². The molecule has 0 spiro atoms. The Labute approximate surface area is 142 Å². The first kappa shape index (κ1) is 18.6. The molecule has 0 heterocycles. The lowest BCUT2D eigenvalue weighted by Crippen LogP contribution is -2.14. The summed E-state index contributed by atoms with van der Waals surface area (Å²) in [7, 11) is 0. The van der Waals surface area contributed by atoms with Gasteiger partial charge in [-0.1, -0.05) is 18.2 Å². The third-order valence-corrected chi connectivity index (χ3v) is 3.50. The molecule has 0 saturated heterocycles. The van der Waals surface area contributed by atoms with E-state index >= 15 is 0 Å². The smallest absolute Gasteiger partial charge is 0.398 e. The van der Waals surface area contributed by atoms with Crippen molar-refractivity contribution >= 4 is 17.8 Å². The van der Waals surface area contributed by atoms with Crippen LogP contribution >= 0.6 is 0 Å². The number of rotatable bonds is 8. The molecule has 8 heteroatoms. The number of benzene rings is 2. The first-order valence-electron chi connectivity index (χ1n) is 7.49. The molecule has 2 rings (SSSR count). The molecule has 1 amide bonds. The molecule has 2 aromatic rings. The summed E-state index contributed by atoms with van der Waals surface area (Å²) < 4.78 is 38.1. The number of nitrogens with one attached hydrogen (secondary N) is 2. The van der Waals surface area contributed by atoms with Crippen molar-refractivity contribution in [1.29, 1.82) is 0 Å². The van der Waals surface area contributed by atoms with Crippen molar-refractivity contribution in [3.05, 3.63) is 59.2 Å². The maximum Gasteiger partial charge on any atom is 0.416 e. The second kappa shape index (κ2) is 8.39. The fraction of sp³-hybridized carbons (Fsp3) is 0.235. The molecular formula is C17H18F3N3O2. The molecule has 5 nitrogen and oxygen atoms in total. The van der Waals surface area contributed by atoms with Gasteiger partial charge in [0.15, 0.2) is 0 Å². The zero-order valence-corrected chi connectivity index (χ0v) is 13.3. The summed E-state index contributed by atoms with van der Waals surface area (Å²) in [4.78, 5) is 14.9. The van der Waals surface area contributed by atoms with E-state index in [0.717, 1.165) is 17.7 Å². The van der Waals surface area contributed by atoms with Crippen LogP contribution in [-0.4, -0.2) is 13.0 Å². The SMILES string of the molecule is Nc1cc(NCc2cccc(C(F)(F)F)c2)ccc1CCONC=O. The number of hydrogen-bond acceptors (Lipinski definition) is 4. The molecule has 0 bridgehead atoms. The summed E-state index contributed by atoms with van der Waals surface area (Å²) in [6.07, 6.45) is -3.41. The maximum atomic E-state index is 12.7. The van der Waals surface area contributed by atoms with Crippen molar-refractivity contribution < 1.29 is 22.8 Å². The van der Waals surface area contributed by atoms with Crippen molar-refractivity contribution in [3.63, 3.8) is 0 Å². The average Bonchev–Trinajstić information content (AvgIpc) is 2.58. The van der Waals surface area contributed by atoms with Crippen molar-refractivity contribution in [3.8, 4) is 0 Å². The van der Waals surface area contributed by atoms with Gasteiger partial charge in [-0.2, -0.15) is 13.2 Å². The third-order valence-electron chi connectivity index (χ3n) is 3.50. The molecule has 0 aliphatic rings. The highest BCUT2D eigenvalue weighted by molar-refractivity contribution is 5.59. The molecule has 2 aromatic carbocycles. The quantitative estimate of drug-likeness (QED) is 0.295. The number of nitrogens with two attached hydrogens (primary N) is 1. The van der Waals surface area contributed by atoms with E-state index in [-0.39, 0.29) is 13.2 Å². The summed E-state index contributed by atoms with van der Waals surface area (Å²) >= 11 is 0. The van der Waals surface area contributed by atoms with Gasteiger partial charge in [-0.3, -0.25) is 9.63 Å². The number of carbonyl (C=O) groups is 1. The van der Waals surface area contributed by atoms with Crippen LogP contribution in [0.25, 0.3) is 0 Å². The Balaban J connectivity index is 1.95. The molecule has 25 heavy (non-hydrogen) atoms. The van der Waals surface area contributed by atoms with Crippen LogP contribution in [0, 0.1) is 0 Å². The molecule has 0 saturated carbocycles. The monoisotopic (exact) mass is 353 g/mol. The number of anilines is 2. The highest BCUT2D eigenvalue weighted by Gasteiger charge is 2.30. The summed E-state index contributed by atoms with van der Waals surface area (Å²) in [5, 5.41) is 3.05. The Morgan fingerprint density at radius 2 is 1.96 bits per heavy atom. The van der Waals surface area contributed by atoms with Crippen LogP contribution < -0.4 is 16.5 Å². The minimum absolute atomic E-state index is 0.245. The Kier molecular flexibility index (Phi) is 6.24. The van der Waals surface area contributed by atoms with Crippen LogP contribution in [0.15, 0.2) is 42.5 Å². The third kappa shape index (κ3) is 5.68. The van der Waals surface area contributed by atoms with E-state index < -0.39 is 11.7 Å². The van der Waals surface area contributed by atoms with Gasteiger partial charge in [-0.05, 0) is 35.4 Å². The van der Waals surface area contributed by atoms with Gasteiger partial charge in [0, 0.05) is 24.3 Å². The maximum absolute atomic E-state index is 12.7. The Hall–Kier alpha value is -2.74. The van der Waals surface area contributed by atoms with Crippen molar-refractivity contribution in [2.75, 3.05) is 17.7 Å². The van der Waals surface area contributed by atoms with Gasteiger partial charge in [0.1, 0.15) is 0 Å². The Morgan fingerprint density at radius 3 is 2.64 bits per heavy atom. The number of halogens is 3. The highest BCUT2D eigenvalue weighted by atomic mass is 19.4. The van der Waals surface area contributed by atoms with Crippen molar-refractivity contribution in [2.24, 2.45) is 0 Å². The lowest BCUT2D eigenvalue weighted by molar-refractivity contribution is -0.137. The zero-order chi connectivity index (χ0) is 18.3. The van der Waals surface area contributed by atoms with Gasteiger partial charge in [-0.15, -0.1) is 0 Å². The molecule has 0 unspecified atom stereocenters. The second-order valence-corrected chi connectivity index (χ2v) is 5.30. The number of hydrogen-bond donors (Lipinski definition) is 3. The van der Waals surface area contributed by atoms with E-state index in [9.17, 15) is 18.0 Å². The minimum atomic E-state index is -4.36. The fourth-order valence-corrected chi connectivity index (χ4v) is 2.25. The van der Waals surface area contributed by atoms with Crippen LogP contribution in [0.3, 0.4) is 0 Å². The largest absolute Gasteiger partial charge is 0.416 e. The fourth-order valence-electron chi connectivity index (χ4n) is 2.25. The molecule has 4 N–H and O–H groups in total. The van der Waals surface area contributed by atoms with Crippen LogP contribution in [0.2, 0.25) is 0 Å². The number of hydroxylamine groups is 1. The van der Waals surface area contributed by atoms with E-state index in [0.29, 0.717) is 29.8 Å². The summed E-state index contributed by atoms with van der Waals surface area (Å²) in [5.74, 6) is 0. The van der Waals surface area contributed by atoms with Gasteiger partial charge in [-0.25, -0.2) is 5.48 Å². The van der Waals surface area contributed by atoms with E-state index in [2.05, 4.69) is 10.8 Å². The predicted octanol–water partition coefficient (Wildman–Crippen LogP) is 3.12. The number of nitrogen functional groups attached to an aromatic ring is 1. The molecule has 0 fully saturated rings. The predicted molar refractivity (Wildman–Crippen MR) is 88.5 cm³/mol. The van der Waals surface area contributed by atoms with Crippen molar-refractivity contribution in [1.82, 2.24) is 5.48 Å². The number of amides is 1. The molecule has 0 aliphatic carbocycles. The topological polar surface area (TPSA) is 76.4 Å².